The maximum atomic E-state index is 12.5. The maximum Gasteiger partial charge on any atom is 0.408 e. The summed E-state index contributed by atoms with van der Waals surface area (Å²) < 4.78 is 53.9. The lowest BCUT2D eigenvalue weighted by Gasteiger charge is -2.26. The van der Waals surface area contributed by atoms with E-state index in [1.54, 1.807) is 5.32 Å². The summed E-state index contributed by atoms with van der Waals surface area (Å²) in [5.41, 5.74) is -2.24. The Morgan fingerprint density at radius 1 is 1.09 bits per heavy atom. The Labute approximate surface area is 138 Å². The Morgan fingerprint density at radius 3 is 2.00 bits per heavy atom. The lowest BCUT2D eigenvalue weighted by atomic mass is 10.1. The highest BCUT2D eigenvalue weighted by molar-refractivity contribution is 5.82. The van der Waals surface area contributed by atoms with Crippen LogP contribution in [0.25, 0.3) is 0 Å². The first-order valence-electron chi connectivity index (χ1n) is 9.04. The van der Waals surface area contributed by atoms with E-state index in [2.05, 4.69) is 4.74 Å². The fourth-order valence-electron chi connectivity index (χ4n) is 1.03. The molecule has 0 radical (unpaired) electrons. The van der Waals surface area contributed by atoms with Crippen molar-refractivity contribution in [2.75, 3.05) is 7.11 Å². The number of hydrogen-bond donors (Lipinski definition) is 1. The van der Waals surface area contributed by atoms with Gasteiger partial charge < -0.3 is 19.5 Å². The zero-order valence-electron chi connectivity index (χ0n) is 18.9. The molecule has 1 amide bonds. The van der Waals surface area contributed by atoms with Gasteiger partial charge >= 0.3 is 18.0 Å². The highest BCUT2D eigenvalue weighted by atomic mass is 16.6. The Hall–Kier alpha value is -1.79. The summed E-state index contributed by atoms with van der Waals surface area (Å²) in [5.74, 6) is -3.28. The molecule has 0 saturated heterocycles. The number of carbonyl (C=O) groups is 3. The summed E-state index contributed by atoms with van der Waals surface area (Å²) in [6, 6.07) is -3.36. The number of rotatable bonds is 5. The Morgan fingerprint density at radius 2 is 1.59 bits per heavy atom. The molecule has 0 aromatic heterocycles. The van der Waals surface area contributed by atoms with Crippen molar-refractivity contribution >= 4 is 18.0 Å². The summed E-state index contributed by atoms with van der Waals surface area (Å²) in [7, 11) is 0.816. The Bertz CT molecular complexity index is 596. The summed E-state index contributed by atoms with van der Waals surface area (Å²) >= 11 is 0. The number of amides is 1. The second kappa shape index (κ2) is 8.00. The predicted molar refractivity (Wildman–Crippen MR) is 80.3 cm³/mol. The molecule has 0 bridgehead atoms. The minimum Gasteiger partial charge on any atom is -0.469 e. The van der Waals surface area contributed by atoms with Crippen LogP contribution < -0.4 is 5.32 Å². The van der Waals surface area contributed by atoms with Crippen molar-refractivity contribution in [1.29, 1.82) is 0 Å². The Balaban J connectivity index is 6.23. The van der Waals surface area contributed by atoms with Crippen LogP contribution in [-0.4, -0.2) is 42.4 Å². The Kier molecular flexibility index (Phi) is 4.63. The predicted octanol–water partition coefficient (Wildman–Crippen LogP) is 2.17. The number of hydrogen-bond acceptors (Lipinski definition) is 6. The van der Waals surface area contributed by atoms with Crippen molar-refractivity contribution in [3.8, 4) is 0 Å². The third kappa shape index (κ3) is 10.0. The van der Waals surface area contributed by atoms with Crippen LogP contribution in [0.3, 0.4) is 0 Å². The van der Waals surface area contributed by atoms with E-state index in [1.807, 2.05) is 0 Å². The number of methoxy groups -OCH3 is 1. The van der Waals surface area contributed by atoms with Gasteiger partial charge in [0.1, 0.15) is 17.2 Å². The minimum atomic E-state index is -3.59. The van der Waals surface area contributed by atoms with Crippen molar-refractivity contribution < 1.29 is 35.4 Å². The lowest BCUT2D eigenvalue weighted by molar-refractivity contribution is -0.157. The van der Waals surface area contributed by atoms with Gasteiger partial charge in [-0.2, -0.15) is 0 Å². The van der Waals surface area contributed by atoms with E-state index in [0.717, 1.165) is 7.11 Å². The summed E-state index contributed by atoms with van der Waals surface area (Å²) in [6.45, 7) is 8.78. The smallest absolute Gasteiger partial charge is 0.408 e. The van der Waals surface area contributed by atoms with Gasteiger partial charge in [-0.25, -0.2) is 9.59 Å². The summed E-state index contributed by atoms with van der Waals surface area (Å²) in [4.78, 5) is 36.4. The van der Waals surface area contributed by atoms with E-state index in [-0.39, 0.29) is 0 Å². The molecule has 0 unspecified atom stereocenters. The largest absolute Gasteiger partial charge is 0.469 e. The maximum absolute atomic E-state index is 12.5. The van der Waals surface area contributed by atoms with Crippen LogP contribution in [-0.2, 0) is 23.8 Å². The van der Waals surface area contributed by atoms with Crippen molar-refractivity contribution in [2.24, 2.45) is 0 Å². The van der Waals surface area contributed by atoms with Crippen LogP contribution in [0.2, 0.25) is 0 Å². The van der Waals surface area contributed by atoms with Crippen molar-refractivity contribution in [3.05, 3.63) is 0 Å². The highest BCUT2D eigenvalue weighted by Gasteiger charge is 2.29. The number of alkyl carbamates (subject to hydrolysis) is 1. The SMILES string of the molecule is [2H]C([2H])(C(=O)OC)C([2H])([2H])[C@]([2H])(NC(=O)OC(C)(C)C)C(=O)OC(C)(C)C. The van der Waals surface area contributed by atoms with Gasteiger partial charge in [0.15, 0.2) is 0 Å². The molecule has 0 aromatic rings. The third-order valence-electron chi connectivity index (χ3n) is 1.70. The molecule has 7 heteroatoms. The number of carbonyl (C=O) groups excluding carboxylic acids is 3. The molecule has 0 heterocycles. The molecule has 0 aromatic carbocycles. The van der Waals surface area contributed by atoms with Crippen LogP contribution in [0.5, 0.6) is 0 Å². The fraction of sp³-hybridized carbons (Fsp3) is 0.800. The first kappa shape index (κ1) is 12.7. The zero-order chi connectivity index (χ0) is 22.1. The van der Waals surface area contributed by atoms with Crippen molar-refractivity contribution in [3.63, 3.8) is 0 Å². The zero-order valence-corrected chi connectivity index (χ0v) is 13.9. The van der Waals surface area contributed by atoms with Gasteiger partial charge in [0.2, 0.25) is 0 Å². The average molecular weight is 322 g/mol. The van der Waals surface area contributed by atoms with E-state index in [1.165, 1.54) is 41.5 Å². The van der Waals surface area contributed by atoms with Gasteiger partial charge in [0, 0.05) is 11.9 Å². The van der Waals surface area contributed by atoms with Crippen LogP contribution in [0.4, 0.5) is 4.79 Å². The van der Waals surface area contributed by atoms with Crippen molar-refractivity contribution in [1.82, 2.24) is 5.32 Å². The van der Waals surface area contributed by atoms with E-state index < -0.39 is 48.0 Å². The van der Waals surface area contributed by atoms with Crippen LogP contribution in [0.15, 0.2) is 0 Å². The van der Waals surface area contributed by atoms with Gasteiger partial charge in [-0.3, -0.25) is 4.79 Å². The second-order valence-corrected chi connectivity index (χ2v) is 6.25. The number of nitrogens with one attached hydrogen (secondary N) is 1. The second-order valence-electron chi connectivity index (χ2n) is 6.25. The highest BCUT2D eigenvalue weighted by Crippen LogP contribution is 2.12. The molecule has 0 aliphatic heterocycles. The molecular formula is C15H27NO6. The van der Waals surface area contributed by atoms with Crippen LogP contribution >= 0.6 is 0 Å². The molecule has 128 valence electrons. The van der Waals surface area contributed by atoms with Gasteiger partial charge in [-0.15, -0.1) is 0 Å². The number of esters is 2. The molecule has 0 rings (SSSR count). The molecule has 0 fully saturated rings. The van der Waals surface area contributed by atoms with Gasteiger partial charge in [-0.1, -0.05) is 0 Å². The third-order valence-corrected chi connectivity index (χ3v) is 1.70. The summed E-state index contributed by atoms with van der Waals surface area (Å²) in [6.07, 6.45) is -8.44. The van der Waals surface area contributed by atoms with Gasteiger partial charge in [-0.05, 0) is 47.9 Å². The molecular weight excluding hydrogens is 290 g/mol. The monoisotopic (exact) mass is 322 g/mol. The topological polar surface area (TPSA) is 90.9 Å². The van der Waals surface area contributed by atoms with Gasteiger partial charge in [0.05, 0.1) is 8.48 Å². The molecule has 7 nitrogen and oxygen atoms in total. The first-order chi connectivity index (χ1) is 11.7. The standard InChI is InChI=1S/C15H27NO6/c1-14(2,3)21-12(18)10(8-9-11(17)20-7)16-13(19)22-15(4,5)6/h10H,8-9H2,1-7H3,(H,16,19)/t10-/m0/s1/i8D2,9D2,10D. The average Bonchev–Trinajstić information content (AvgIpc) is 2.41. The molecule has 1 atom stereocenters. The summed E-state index contributed by atoms with van der Waals surface area (Å²) in [5, 5.41) is 1.71. The first-order valence-corrected chi connectivity index (χ1v) is 6.54. The molecule has 0 spiro atoms. The molecule has 1 N–H and O–H groups in total. The lowest BCUT2D eigenvalue weighted by Crippen LogP contribution is -2.46. The molecule has 0 saturated carbocycles. The molecule has 22 heavy (non-hydrogen) atoms. The van der Waals surface area contributed by atoms with Gasteiger partial charge in [0.25, 0.3) is 0 Å². The van der Waals surface area contributed by atoms with E-state index in [4.69, 9.17) is 16.3 Å². The molecule has 0 aliphatic rings. The van der Waals surface area contributed by atoms with E-state index in [9.17, 15) is 14.4 Å². The van der Waals surface area contributed by atoms with Crippen molar-refractivity contribution in [2.45, 2.75) is 71.5 Å². The molecule has 0 aliphatic carbocycles. The quantitative estimate of drug-likeness (QED) is 0.616. The normalized spacial score (nSPS) is 19.1. The minimum absolute atomic E-state index is 0.816. The van der Waals surface area contributed by atoms with E-state index in [0.29, 0.717) is 0 Å². The fourth-order valence-corrected chi connectivity index (χ4v) is 1.03. The van der Waals surface area contributed by atoms with Crippen LogP contribution in [0.1, 0.15) is 61.1 Å². The van der Waals surface area contributed by atoms with Crippen LogP contribution in [0, 0.1) is 0 Å². The van der Waals surface area contributed by atoms with E-state index >= 15 is 0 Å². The number of ether oxygens (including phenoxy) is 3.